The second kappa shape index (κ2) is 9.92. The predicted octanol–water partition coefficient (Wildman–Crippen LogP) is 6.67. The molecule has 200 valence electrons. The molecule has 0 aliphatic heterocycles. The molecule has 41 heavy (non-hydrogen) atoms. The van der Waals surface area contributed by atoms with Gasteiger partial charge in [0.05, 0.1) is 23.1 Å². The van der Waals surface area contributed by atoms with E-state index >= 15 is 0 Å². The van der Waals surface area contributed by atoms with Crippen LogP contribution in [0.1, 0.15) is 10.4 Å². The third-order valence-corrected chi connectivity index (χ3v) is 7.20. The van der Waals surface area contributed by atoms with E-state index in [1.165, 1.54) is 17.4 Å². The van der Waals surface area contributed by atoms with Crippen molar-refractivity contribution in [3.8, 4) is 22.6 Å². The number of hydrogen-bond acceptors (Lipinski definition) is 7. The summed E-state index contributed by atoms with van der Waals surface area (Å²) < 4.78 is 30.3. The Morgan fingerprint density at radius 3 is 2.68 bits per heavy atom. The Labute approximate surface area is 234 Å². The molecule has 0 saturated carbocycles. The van der Waals surface area contributed by atoms with Gasteiger partial charge < -0.3 is 10.6 Å². The molecule has 0 atom stereocenters. The zero-order chi connectivity index (χ0) is 27.9. The van der Waals surface area contributed by atoms with Crippen molar-refractivity contribution in [3.63, 3.8) is 0 Å². The van der Waals surface area contributed by atoms with E-state index in [1.54, 1.807) is 36.7 Å². The topological polar surface area (TPSA) is 113 Å². The molecular formula is C29H18F2N8OS. The second-order valence-electron chi connectivity index (χ2n) is 9.06. The highest BCUT2D eigenvalue weighted by Crippen LogP contribution is 2.35. The molecular weight excluding hydrogens is 546 g/mol. The number of anilines is 3. The van der Waals surface area contributed by atoms with Crippen LogP contribution in [0.15, 0.2) is 90.7 Å². The monoisotopic (exact) mass is 564 g/mol. The first kappa shape index (κ1) is 24.5. The maximum atomic E-state index is 14.2. The second-order valence-corrected chi connectivity index (χ2v) is 9.93. The van der Waals surface area contributed by atoms with Crippen LogP contribution in [-0.4, -0.2) is 35.5 Å². The van der Waals surface area contributed by atoms with E-state index in [4.69, 9.17) is 9.97 Å². The normalized spacial score (nSPS) is 11.3. The average Bonchev–Trinajstić information content (AvgIpc) is 3.69. The van der Waals surface area contributed by atoms with Crippen molar-refractivity contribution in [1.82, 2.24) is 29.5 Å². The largest absolute Gasteiger partial charge is 0.324 e. The van der Waals surface area contributed by atoms with E-state index in [9.17, 15) is 13.6 Å². The third kappa shape index (κ3) is 4.55. The Morgan fingerprint density at radius 1 is 0.951 bits per heavy atom. The van der Waals surface area contributed by atoms with E-state index in [2.05, 4.69) is 25.8 Å². The first-order chi connectivity index (χ1) is 20.0. The van der Waals surface area contributed by atoms with E-state index < -0.39 is 23.1 Å². The van der Waals surface area contributed by atoms with Crippen LogP contribution in [0, 0.1) is 11.6 Å². The maximum Gasteiger partial charge on any atom is 0.261 e. The van der Waals surface area contributed by atoms with Gasteiger partial charge in [-0.15, -0.1) is 11.3 Å². The number of imidazole rings is 1. The Kier molecular flexibility index (Phi) is 5.94. The molecule has 0 aliphatic carbocycles. The van der Waals surface area contributed by atoms with Crippen LogP contribution < -0.4 is 10.6 Å². The van der Waals surface area contributed by atoms with Crippen LogP contribution in [0.2, 0.25) is 0 Å². The Morgan fingerprint density at radius 2 is 1.80 bits per heavy atom. The number of nitrogens with zero attached hydrogens (tertiary/aromatic N) is 5. The van der Waals surface area contributed by atoms with E-state index in [-0.39, 0.29) is 0 Å². The van der Waals surface area contributed by atoms with Gasteiger partial charge in [0.25, 0.3) is 5.91 Å². The molecule has 4 aromatic heterocycles. The van der Waals surface area contributed by atoms with Gasteiger partial charge in [-0.2, -0.15) is 5.10 Å². The molecule has 0 fully saturated rings. The van der Waals surface area contributed by atoms with Gasteiger partial charge in [0.15, 0.2) is 4.96 Å². The van der Waals surface area contributed by atoms with Crippen molar-refractivity contribution in [2.75, 3.05) is 10.6 Å². The van der Waals surface area contributed by atoms with E-state index in [0.717, 1.165) is 39.4 Å². The highest BCUT2D eigenvalue weighted by molar-refractivity contribution is 7.15. The highest BCUT2D eigenvalue weighted by Gasteiger charge is 2.21. The van der Waals surface area contributed by atoms with Crippen LogP contribution in [-0.2, 0) is 0 Å². The number of carbonyl (C=O) groups is 1. The number of hydrogen-bond donors (Lipinski definition) is 3. The number of rotatable bonds is 6. The molecule has 0 spiro atoms. The van der Waals surface area contributed by atoms with E-state index in [0.29, 0.717) is 28.6 Å². The van der Waals surface area contributed by atoms with Gasteiger partial charge in [0.1, 0.15) is 22.9 Å². The summed E-state index contributed by atoms with van der Waals surface area (Å²) in [6.45, 7) is 0. The van der Waals surface area contributed by atoms with Gasteiger partial charge >= 0.3 is 0 Å². The summed E-state index contributed by atoms with van der Waals surface area (Å²) in [6, 6.07) is 17.8. The number of carbonyl (C=O) groups excluding carboxylic acids is 1. The van der Waals surface area contributed by atoms with E-state index in [1.807, 2.05) is 40.2 Å². The van der Waals surface area contributed by atoms with Crippen molar-refractivity contribution in [3.05, 3.63) is 108 Å². The molecule has 1 amide bonds. The van der Waals surface area contributed by atoms with Crippen molar-refractivity contribution < 1.29 is 13.6 Å². The lowest BCUT2D eigenvalue weighted by atomic mass is 10.1. The third-order valence-electron chi connectivity index (χ3n) is 6.44. The van der Waals surface area contributed by atoms with Crippen molar-refractivity contribution in [1.29, 1.82) is 0 Å². The molecule has 3 aromatic carbocycles. The minimum atomic E-state index is -0.937. The number of thiazole rings is 1. The number of aromatic amines is 1. The predicted molar refractivity (Wildman–Crippen MR) is 153 cm³/mol. The number of fused-ring (bicyclic) bond motifs is 2. The number of benzene rings is 3. The average molecular weight is 565 g/mol. The van der Waals surface area contributed by atoms with Crippen molar-refractivity contribution >= 4 is 50.4 Å². The molecule has 0 bridgehead atoms. The van der Waals surface area contributed by atoms with Gasteiger partial charge in [-0.25, -0.2) is 23.7 Å². The zero-order valence-electron chi connectivity index (χ0n) is 21.0. The lowest BCUT2D eigenvalue weighted by Crippen LogP contribution is -2.15. The van der Waals surface area contributed by atoms with Crippen LogP contribution >= 0.6 is 11.3 Å². The van der Waals surface area contributed by atoms with Gasteiger partial charge in [0, 0.05) is 40.1 Å². The fourth-order valence-electron chi connectivity index (χ4n) is 4.58. The van der Waals surface area contributed by atoms with Crippen LogP contribution in [0.4, 0.5) is 26.1 Å². The summed E-state index contributed by atoms with van der Waals surface area (Å²) in [4.78, 5) is 27.4. The Balaban J connectivity index is 1.24. The van der Waals surface area contributed by atoms with Gasteiger partial charge in [-0.05, 0) is 48.5 Å². The first-order valence-corrected chi connectivity index (χ1v) is 13.3. The summed E-state index contributed by atoms with van der Waals surface area (Å²) in [6.07, 6.45) is 5.31. The number of aromatic nitrogens is 6. The molecule has 7 rings (SSSR count). The number of halogens is 2. The standard InChI is InChI=1S/C29H18F2N8OS/c30-20-5-2-6-21(31)24(20)27(40)34-18-4-1-3-16(13-18)25-26(39-11-12-41-29(39)37-25)23-9-10-32-28(36-23)35-19-7-8-22-17(14-19)15-33-38-22/h1-15H,(H,33,38)(H,34,40)(H,32,35,36). The Bertz CT molecular complexity index is 2060. The summed E-state index contributed by atoms with van der Waals surface area (Å²) in [7, 11) is 0. The fraction of sp³-hybridized carbons (Fsp3) is 0. The molecule has 0 aliphatic rings. The summed E-state index contributed by atoms with van der Waals surface area (Å²) in [5, 5.41) is 15.7. The summed E-state index contributed by atoms with van der Waals surface area (Å²) in [5.41, 5.74) is 4.09. The van der Waals surface area contributed by atoms with Crippen molar-refractivity contribution in [2.45, 2.75) is 0 Å². The maximum absolute atomic E-state index is 14.2. The summed E-state index contributed by atoms with van der Waals surface area (Å²) in [5.74, 6) is -2.36. The number of nitrogens with one attached hydrogen (secondary N) is 3. The first-order valence-electron chi connectivity index (χ1n) is 12.4. The molecule has 0 saturated heterocycles. The van der Waals surface area contributed by atoms with Gasteiger partial charge in [-0.3, -0.25) is 14.3 Å². The molecule has 0 radical (unpaired) electrons. The SMILES string of the molecule is O=C(Nc1cccc(-c2nc3sccn3c2-c2ccnc(Nc3ccc4[nH]ncc4c3)n2)c1)c1c(F)cccc1F. The quantitative estimate of drug-likeness (QED) is 0.208. The minimum Gasteiger partial charge on any atom is -0.324 e. The van der Waals surface area contributed by atoms with Gasteiger partial charge in [-0.1, -0.05) is 18.2 Å². The molecule has 4 heterocycles. The number of amides is 1. The smallest absolute Gasteiger partial charge is 0.261 e. The fourth-order valence-corrected chi connectivity index (χ4v) is 5.30. The lowest BCUT2D eigenvalue weighted by Gasteiger charge is -2.10. The molecule has 7 aromatic rings. The Hall–Kier alpha value is -5.49. The molecule has 0 unspecified atom stereocenters. The van der Waals surface area contributed by atoms with Crippen molar-refractivity contribution in [2.24, 2.45) is 0 Å². The molecule has 3 N–H and O–H groups in total. The number of H-pyrrole nitrogens is 1. The van der Waals surface area contributed by atoms with Crippen LogP contribution in [0.3, 0.4) is 0 Å². The summed E-state index contributed by atoms with van der Waals surface area (Å²) >= 11 is 1.47. The molecule has 9 nitrogen and oxygen atoms in total. The van der Waals surface area contributed by atoms with Crippen LogP contribution in [0.5, 0.6) is 0 Å². The van der Waals surface area contributed by atoms with Crippen LogP contribution in [0.25, 0.3) is 38.5 Å². The van der Waals surface area contributed by atoms with Gasteiger partial charge in [0.2, 0.25) is 5.95 Å². The lowest BCUT2D eigenvalue weighted by molar-refractivity contribution is 0.101. The minimum absolute atomic E-state index is 0.358. The zero-order valence-corrected chi connectivity index (χ0v) is 21.8. The highest BCUT2D eigenvalue weighted by atomic mass is 32.1. The molecule has 12 heteroatoms.